The Morgan fingerprint density at radius 2 is 1.90 bits per heavy atom. The number of aromatic amines is 1. The van der Waals surface area contributed by atoms with E-state index in [9.17, 15) is 13.6 Å². The zero-order valence-electron chi connectivity index (χ0n) is 16.6. The van der Waals surface area contributed by atoms with Crippen LogP contribution in [0.1, 0.15) is 66.7 Å². The number of H-pyrrole nitrogens is 1. The molecule has 2 aliphatic carbocycles. The van der Waals surface area contributed by atoms with Crippen LogP contribution in [0, 0.1) is 23.0 Å². The van der Waals surface area contributed by atoms with E-state index < -0.39 is 11.6 Å². The van der Waals surface area contributed by atoms with Gasteiger partial charge in [-0.15, -0.1) is 0 Å². The van der Waals surface area contributed by atoms with E-state index in [1.54, 1.807) is 12.1 Å². The fourth-order valence-corrected chi connectivity index (χ4v) is 5.02. The number of nitrogens with zero attached hydrogens (tertiary/aromatic N) is 1. The Morgan fingerprint density at radius 3 is 2.60 bits per heavy atom. The molecule has 1 heterocycles. The predicted molar refractivity (Wildman–Crippen MR) is 113 cm³/mol. The van der Waals surface area contributed by atoms with Crippen molar-refractivity contribution in [2.45, 2.75) is 51.4 Å². The third-order valence-corrected chi connectivity index (χ3v) is 7.28. The second kappa shape index (κ2) is 7.45. The smallest absolute Gasteiger partial charge is 0.166 e. The van der Waals surface area contributed by atoms with Gasteiger partial charge in [-0.3, -0.25) is 4.79 Å². The standard InChI is InChI=1S/C24H23ClF2N2O/c25-17-2-1-3-18(26)15(17)12-23-28-20-11-16(19(27)13-21(20)29-23)22(30)10-14-4-6-24(7-5-14)8-9-24/h1-3,11,13-14H,4-10,12H2,(H,28,29). The third-order valence-electron chi connectivity index (χ3n) is 6.92. The average Bonchev–Trinajstić information content (AvgIpc) is 3.35. The van der Waals surface area contributed by atoms with E-state index in [1.165, 1.54) is 43.9 Å². The van der Waals surface area contributed by atoms with E-state index in [2.05, 4.69) is 9.97 Å². The lowest BCUT2D eigenvalue weighted by Gasteiger charge is -2.27. The first-order valence-corrected chi connectivity index (χ1v) is 10.9. The Balaban J connectivity index is 1.35. The van der Waals surface area contributed by atoms with Crippen LogP contribution in [-0.2, 0) is 6.42 Å². The lowest BCUT2D eigenvalue weighted by molar-refractivity contribution is 0.0936. The average molecular weight is 429 g/mol. The number of hydrogen-bond donors (Lipinski definition) is 1. The van der Waals surface area contributed by atoms with Gasteiger partial charge in [-0.1, -0.05) is 17.7 Å². The van der Waals surface area contributed by atoms with Gasteiger partial charge in [-0.25, -0.2) is 13.8 Å². The molecule has 1 spiro atoms. The molecule has 0 bridgehead atoms. The predicted octanol–water partition coefficient (Wildman–Crippen LogP) is 6.63. The maximum atomic E-state index is 14.7. The molecular formula is C24H23ClF2N2O. The van der Waals surface area contributed by atoms with Crippen LogP contribution in [0.3, 0.4) is 0 Å². The number of ketones is 1. The summed E-state index contributed by atoms with van der Waals surface area (Å²) in [6, 6.07) is 7.33. The molecule has 6 heteroatoms. The normalized spacial score (nSPS) is 18.2. The minimum Gasteiger partial charge on any atom is -0.342 e. The third kappa shape index (κ3) is 3.76. The van der Waals surface area contributed by atoms with E-state index in [4.69, 9.17) is 11.6 Å². The number of carbonyl (C=O) groups is 1. The number of fused-ring (bicyclic) bond motifs is 1. The summed E-state index contributed by atoms with van der Waals surface area (Å²) in [5, 5.41) is 0.318. The highest BCUT2D eigenvalue weighted by atomic mass is 35.5. The van der Waals surface area contributed by atoms with Crippen molar-refractivity contribution in [3.8, 4) is 0 Å². The van der Waals surface area contributed by atoms with Crippen LogP contribution < -0.4 is 0 Å². The molecule has 0 aliphatic heterocycles. The first-order chi connectivity index (χ1) is 14.4. The van der Waals surface area contributed by atoms with Crippen molar-refractivity contribution in [1.29, 1.82) is 0 Å². The Kier molecular flexibility index (Phi) is 4.89. The zero-order chi connectivity index (χ0) is 20.9. The minimum absolute atomic E-state index is 0.0937. The van der Waals surface area contributed by atoms with Crippen molar-refractivity contribution >= 4 is 28.4 Å². The molecule has 2 fully saturated rings. The minimum atomic E-state index is -0.541. The molecule has 2 aromatic carbocycles. The summed E-state index contributed by atoms with van der Waals surface area (Å²) in [7, 11) is 0. The number of aromatic nitrogens is 2. The number of imidazole rings is 1. The van der Waals surface area contributed by atoms with Gasteiger partial charge in [0, 0.05) is 29.5 Å². The largest absolute Gasteiger partial charge is 0.342 e. The Labute approximate surface area is 178 Å². The number of hydrogen-bond acceptors (Lipinski definition) is 2. The van der Waals surface area contributed by atoms with Crippen LogP contribution in [0.25, 0.3) is 11.0 Å². The number of Topliss-reactive ketones (excluding diaryl/α,β-unsaturated/α-hetero) is 1. The van der Waals surface area contributed by atoms with E-state index >= 15 is 0 Å². The van der Waals surface area contributed by atoms with Gasteiger partial charge in [0.25, 0.3) is 0 Å². The maximum Gasteiger partial charge on any atom is 0.166 e. The van der Waals surface area contributed by atoms with Gasteiger partial charge in [0.2, 0.25) is 0 Å². The van der Waals surface area contributed by atoms with Crippen LogP contribution in [0.15, 0.2) is 30.3 Å². The van der Waals surface area contributed by atoms with Crippen molar-refractivity contribution in [2.24, 2.45) is 11.3 Å². The van der Waals surface area contributed by atoms with E-state index in [0.29, 0.717) is 45.2 Å². The summed E-state index contributed by atoms with van der Waals surface area (Å²) in [6.45, 7) is 0. The van der Waals surface area contributed by atoms with Crippen molar-refractivity contribution < 1.29 is 13.6 Å². The fourth-order valence-electron chi connectivity index (χ4n) is 4.79. The van der Waals surface area contributed by atoms with Gasteiger partial charge in [-0.05, 0) is 68.1 Å². The number of nitrogens with one attached hydrogen (secondary N) is 1. The number of halogens is 3. The van der Waals surface area contributed by atoms with Crippen LogP contribution in [0.4, 0.5) is 8.78 Å². The van der Waals surface area contributed by atoms with Crippen LogP contribution in [0.2, 0.25) is 5.02 Å². The zero-order valence-corrected chi connectivity index (χ0v) is 17.4. The van der Waals surface area contributed by atoms with Crippen molar-refractivity contribution in [3.05, 3.63) is 63.9 Å². The van der Waals surface area contributed by atoms with E-state index in [1.807, 2.05) is 0 Å². The Hall–Kier alpha value is -2.27. The molecular weight excluding hydrogens is 406 g/mol. The van der Waals surface area contributed by atoms with Gasteiger partial charge in [0.15, 0.2) is 5.78 Å². The fraction of sp³-hybridized carbons (Fsp3) is 0.417. The maximum absolute atomic E-state index is 14.7. The Bertz CT molecular complexity index is 1110. The van der Waals surface area contributed by atoms with Crippen LogP contribution >= 0.6 is 11.6 Å². The molecule has 2 saturated carbocycles. The summed E-state index contributed by atoms with van der Waals surface area (Å²) >= 11 is 6.10. The lowest BCUT2D eigenvalue weighted by atomic mass is 9.77. The molecule has 3 aromatic rings. The second-order valence-electron chi connectivity index (χ2n) is 8.98. The summed E-state index contributed by atoms with van der Waals surface area (Å²) in [5.41, 5.74) is 2.00. The molecule has 0 radical (unpaired) electrons. The van der Waals surface area contributed by atoms with Gasteiger partial charge >= 0.3 is 0 Å². The monoisotopic (exact) mass is 428 g/mol. The number of rotatable bonds is 5. The molecule has 0 amide bonds. The highest BCUT2D eigenvalue weighted by Gasteiger charge is 2.44. The van der Waals surface area contributed by atoms with Gasteiger partial charge in [-0.2, -0.15) is 0 Å². The quantitative estimate of drug-likeness (QED) is 0.463. The molecule has 5 rings (SSSR count). The molecule has 0 atom stereocenters. The lowest BCUT2D eigenvalue weighted by Crippen LogP contribution is -2.18. The van der Waals surface area contributed by atoms with Gasteiger partial charge in [0.1, 0.15) is 17.5 Å². The summed E-state index contributed by atoms with van der Waals surface area (Å²) in [5.74, 6) is -0.292. The molecule has 156 valence electrons. The highest BCUT2D eigenvalue weighted by molar-refractivity contribution is 6.31. The molecule has 2 aliphatic rings. The van der Waals surface area contributed by atoms with Gasteiger partial charge < -0.3 is 4.98 Å². The van der Waals surface area contributed by atoms with Crippen molar-refractivity contribution in [2.75, 3.05) is 0 Å². The van der Waals surface area contributed by atoms with E-state index in [0.717, 1.165) is 12.8 Å². The summed E-state index contributed by atoms with van der Waals surface area (Å²) in [4.78, 5) is 20.3. The summed E-state index contributed by atoms with van der Waals surface area (Å²) in [6.07, 6.45) is 7.74. The van der Waals surface area contributed by atoms with Crippen LogP contribution in [0.5, 0.6) is 0 Å². The topological polar surface area (TPSA) is 45.8 Å². The highest BCUT2D eigenvalue weighted by Crippen LogP contribution is 2.57. The van der Waals surface area contributed by atoms with Crippen molar-refractivity contribution in [3.63, 3.8) is 0 Å². The van der Waals surface area contributed by atoms with Gasteiger partial charge in [0.05, 0.1) is 16.6 Å². The first-order valence-electron chi connectivity index (χ1n) is 10.6. The number of benzene rings is 2. The Morgan fingerprint density at radius 1 is 1.13 bits per heavy atom. The number of carbonyl (C=O) groups excluding carboxylic acids is 1. The molecule has 3 nitrogen and oxygen atoms in total. The molecule has 30 heavy (non-hydrogen) atoms. The molecule has 1 aromatic heterocycles. The SMILES string of the molecule is O=C(CC1CCC2(CC1)CC2)c1cc2nc(Cc3c(F)cccc3Cl)[nH]c2cc1F. The van der Waals surface area contributed by atoms with Crippen molar-refractivity contribution in [1.82, 2.24) is 9.97 Å². The second-order valence-corrected chi connectivity index (χ2v) is 9.39. The molecule has 0 unspecified atom stereocenters. The molecule has 0 saturated heterocycles. The van der Waals surface area contributed by atoms with E-state index in [-0.39, 0.29) is 17.8 Å². The first kappa shape index (κ1) is 19.7. The summed E-state index contributed by atoms with van der Waals surface area (Å²) < 4.78 is 28.7. The van der Waals surface area contributed by atoms with Crippen LogP contribution in [-0.4, -0.2) is 15.8 Å². The molecule has 1 N–H and O–H groups in total.